The Labute approximate surface area is 773 Å². The van der Waals surface area contributed by atoms with E-state index >= 15 is 53.9 Å². The molecule has 3 aromatic carbocycles. The molecule has 0 spiro atoms. The van der Waals surface area contributed by atoms with Crippen molar-refractivity contribution in [1.82, 2.24) is 58.3 Å². The van der Waals surface area contributed by atoms with Crippen LogP contribution in [0.4, 0.5) is 86.8 Å². The summed E-state index contributed by atoms with van der Waals surface area (Å²) in [6.07, 6.45) is 7.68. The Hall–Kier alpha value is -14.9. The van der Waals surface area contributed by atoms with E-state index in [4.69, 9.17) is 62.0 Å². The van der Waals surface area contributed by atoms with Gasteiger partial charge in [0, 0.05) is 113 Å². The van der Waals surface area contributed by atoms with Crippen molar-refractivity contribution in [2.75, 3.05) is 110 Å². The first kappa shape index (κ1) is 94.8. The van der Waals surface area contributed by atoms with Crippen LogP contribution in [-0.2, 0) is 14.4 Å². The molecule has 42 heteroatoms. The van der Waals surface area contributed by atoms with Crippen molar-refractivity contribution in [3.8, 4) is 69.0 Å². The number of benzene rings is 3. The lowest BCUT2D eigenvalue weighted by atomic mass is 10.0. The Kier molecular flexibility index (Phi) is 25.7. The lowest BCUT2D eigenvalue weighted by molar-refractivity contribution is -0.127. The van der Waals surface area contributed by atoms with E-state index in [1.54, 1.807) is 76.2 Å². The molecule has 3 saturated heterocycles. The van der Waals surface area contributed by atoms with Crippen LogP contribution in [-0.4, -0.2) is 155 Å². The third kappa shape index (κ3) is 16.0. The van der Waals surface area contributed by atoms with Gasteiger partial charge in [-0.2, -0.15) is 15.8 Å². The van der Waals surface area contributed by atoms with Crippen molar-refractivity contribution in [1.29, 1.82) is 15.8 Å². The second-order valence-corrected chi connectivity index (χ2v) is 34.2. The summed E-state index contributed by atoms with van der Waals surface area (Å²) in [4.78, 5) is 124. The summed E-state index contributed by atoms with van der Waals surface area (Å²) in [5, 5.41) is 31.2. The summed E-state index contributed by atoms with van der Waals surface area (Å²) >= 11 is 20.5. The molecule has 15 rings (SSSR count). The average Bonchev–Trinajstić information content (AvgIpc) is 0.726. The fourth-order valence-corrected chi connectivity index (χ4v) is 17.9. The molecule has 0 saturated carbocycles. The Bertz CT molecular complexity index is 7530. The van der Waals surface area contributed by atoms with E-state index in [9.17, 15) is 43.3 Å². The predicted molar refractivity (Wildman–Crippen MR) is 485 cm³/mol. The van der Waals surface area contributed by atoms with Crippen LogP contribution in [0.2, 0.25) is 15.1 Å². The number of piperazine rings is 3. The first-order valence-electron chi connectivity index (χ1n) is 41.6. The smallest absolute Gasteiger partial charge is 0.276 e. The highest BCUT2D eigenvalue weighted by molar-refractivity contribution is 6.35. The second kappa shape index (κ2) is 36.6. The molecule has 27 nitrogen and oxygen atoms in total. The normalized spacial score (nSPS) is 13.9. The molecule has 3 aliphatic heterocycles. The molecule has 0 radical (unpaired) electrons. The summed E-state index contributed by atoms with van der Waals surface area (Å²) in [5.74, 6) is -27.5. The minimum atomic E-state index is -2.21. The van der Waals surface area contributed by atoms with Crippen LogP contribution in [0.1, 0.15) is 121 Å². The van der Waals surface area contributed by atoms with Crippen LogP contribution in [0.25, 0.3) is 96.1 Å². The van der Waals surface area contributed by atoms with Crippen LogP contribution < -0.4 is 48.6 Å². The van der Waals surface area contributed by atoms with E-state index < -0.39 is 210 Å². The van der Waals surface area contributed by atoms with Crippen molar-refractivity contribution >= 4 is 132 Å². The maximum absolute atomic E-state index is 16.4. The Morgan fingerprint density at radius 3 is 0.948 bits per heavy atom. The van der Waals surface area contributed by atoms with Crippen LogP contribution in [0.3, 0.4) is 0 Å². The zero-order chi connectivity index (χ0) is 97.9. The van der Waals surface area contributed by atoms with Gasteiger partial charge in [-0.3, -0.25) is 57.4 Å². The first-order chi connectivity index (χ1) is 64.0. The zero-order valence-corrected chi connectivity index (χ0v) is 75.0. The quantitative estimate of drug-likeness (QED) is 0.0250. The van der Waals surface area contributed by atoms with Gasteiger partial charge >= 0.3 is 0 Å². The van der Waals surface area contributed by atoms with Gasteiger partial charge in [0.05, 0.1) is 111 Å². The van der Waals surface area contributed by atoms with Gasteiger partial charge in [-0.1, -0.05) is 82.9 Å². The number of carbonyl (C=O) groups is 3. The maximum Gasteiger partial charge on any atom is 0.276 e. The molecule has 3 amide bonds. The minimum Gasteiger partial charge on any atom is -0.394 e. The second-order valence-electron chi connectivity index (χ2n) is 33.0. The number of aromatic nitrogens is 9. The Balaban J connectivity index is 0.745. The SMILES string of the molecule is C=CC(=O)N1CCN(c2c(C#N)c(=O)n(-c3c(C)cc(/C=C\C(=O)N4CCN(c5c(C#N)c(=O)n(-c6c(C)cc(/C=C\C(=O)N7CCN(c8c(C#N)c(=O)n(-c9c(C)ccnc9C(C)C)c9nc(-c%10c(F)c(N)c(F)c(F)c%10F)c(Cl)cc89)CC7)nc6C(C)C)c6nc(-c7c(F)c(N)c(F)c(F)c7F)c(Cl)cc56)CC4)nc3C(C)C)c3nc(-c4c(F)c(N)c(F)c(F)c4F)c(Cl)cc23)CC1. The number of anilines is 6. The van der Waals surface area contributed by atoms with E-state index in [1.807, 2.05) is 18.2 Å². The molecule has 12 aromatic rings. The molecular weight excluding hydrogens is 1840 g/mol. The monoisotopic (exact) mass is 1910 g/mol. The molecule has 12 heterocycles. The molecule has 0 bridgehead atoms. The molecule has 0 atom stereocenters. The van der Waals surface area contributed by atoms with Crippen molar-refractivity contribution in [3.63, 3.8) is 0 Å². The van der Waals surface area contributed by atoms with Gasteiger partial charge in [-0.25, -0.2) is 67.6 Å². The number of rotatable bonds is 17. The predicted octanol–water partition coefficient (Wildman–Crippen LogP) is 15.8. The molecule has 6 N–H and O–H groups in total. The van der Waals surface area contributed by atoms with Crippen molar-refractivity contribution in [3.05, 3.63) is 245 Å². The number of aryl methyl sites for hydroxylation is 3. The van der Waals surface area contributed by atoms with E-state index in [2.05, 4.69) is 26.5 Å². The number of hydrogen-bond donors (Lipinski definition) is 3. The van der Waals surface area contributed by atoms with Gasteiger partial charge in [0.15, 0.2) is 69.8 Å². The standard InChI is InChI=1S/C93H74Cl3F12N21O6/c1-11-55(130)121-18-24-124(25-19-121)86-47-33-53(95)80(59-62(98)68(104)71(107)74(113)65(59)101)119-89(47)128(92(134)50(86)36-110)83-42(9)30-44(116-77(83)39(4)5)13-15-57(132)123-22-28-126(29-23-123)87-48-34-54(96)81(60-63(99)69(105)72(108)75(114)66(60)102)120-90(48)129(93(135)51(87)37-111)84-43(10)31-45(117-78(84)40(6)7)12-14-56(131)122-20-26-125(27-21-122)85-46-32-52(94)79(58-61(97)67(103)70(106)73(112)64(58)100)118-88(46)127(91(133)49(85)35-109)82-41(8)16-17-115-76(82)38(2)3/h11-17,30-34,38-40H,1,18-29,112-114H2,2-10H3/b14-12-,15-13-. The van der Waals surface area contributed by atoms with Gasteiger partial charge in [-0.05, 0) is 110 Å². The highest BCUT2D eigenvalue weighted by Crippen LogP contribution is 2.47. The number of carbonyl (C=O) groups excluding carboxylic acids is 3. The lowest BCUT2D eigenvalue weighted by Gasteiger charge is -2.36. The molecule has 0 unspecified atom stereocenters. The number of nitriles is 3. The van der Waals surface area contributed by atoms with Crippen molar-refractivity contribution in [2.24, 2.45) is 0 Å². The van der Waals surface area contributed by atoms with Gasteiger partial charge in [0.2, 0.25) is 17.7 Å². The summed E-state index contributed by atoms with van der Waals surface area (Å²) in [6, 6.07) is 13.8. The fraction of sp³-hybridized carbons (Fsp3) is 0.258. The summed E-state index contributed by atoms with van der Waals surface area (Å²) < 4.78 is 189. The van der Waals surface area contributed by atoms with Gasteiger partial charge in [0.1, 0.15) is 68.9 Å². The number of fused-ring (bicyclic) bond motifs is 3. The Morgan fingerprint density at radius 1 is 0.393 bits per heavy atom. The van der Waals surface area contributed by atoms with E-state index in [0.717, 1.165) is 38.0 Å². The zero-order valence-electron chi connectivity index (χ0n) is 72.8. The van der Waals surface area contributed by atoms with Crippen LogP contribution >= 0.6 is 34.8 Å². The topological polar surface area (TPSA) is 363 Å². The van der Waals surface area contributed by atoms with Crippen molar-refractivity contribution < 1.29 is 67.1 Å². The van der Waals surface area contributed by atoms with Crippen molar-refractivity contribution in [2.45, 2.75) is 80.1 Å². The number of nitrogens with zero attached hydrogens (tertiary/aromatic N) is 18. The van der Waals surface area contributed by atoms with Crippen LogP contribution in [0, 0.1) is 125 Å². The lowest BCUT2D eigenvalue weighted by Crippen LogP contribution is -2.49. The molecule has 135 heavy (non-hydrogen) atoms. The summed E-state index contributed by atoms with van der Waals surface area (Å²) in [6.45, 7) is 17.8. The molecule has 3 fully saturated rings. The first-order valence-corrected chi connectivity index (χ1v) is 42.7. The molecular formula is C93H74Cl3F12N21O6. The number of amides is 3. The number of hydrogen-bond acceptors (Lipinski definition) is 21. The Morgan fingerprint density at radius 2 is 0.674 bits per heavy atom. The molecule has 9 aromatic heterocycles. The van der Waals surface area contributed by atoms with E-state index in [-0.39, 0.29) is 174 Å². The summed E-state index contributed by atoms with van der Waals surface area (Å²) in [7, 11) is 0. The molecule has 3 aliphatic rings. The number of pyridine rings is 9. The average molecular weight is 1920 g/mol. The highest BCUT2D eigenvalue weighted by atomic mass is 35.5. The number of halogens is 15. The maximum atomic E-state index is 16.4. The molecule has 0 aliphatic carbocycles. The van der Waals surface area contributed by atoms with E-state index in [0.29, 0.717) is 11.3 Å². The summed E-state index contributed by atoms with van der Waals surface area (Å²) in [5.41, 5.74) is 1.86. The fourth-order valence-electron chi connectivity index (χ4n) is 17.2. The number of nitrogens with two attached hydrogens (primary N) is 3. The highest BCUT2D eigenvalue weighted by Gasteiger charge is 2.39. The molecule has 692 valence electrons. The number of nitrogen functional groups attached to an aromatic ring is 3. The van der Waals surface area contributed by atoms with Crippen LogP contribution in [0.5, 0.6) is 0 Å². The van der Waals surface area contributed by atoms with Crippen LogP contribution in [0.15, 0.2) is 81.8 Å². The third-order valence-corrected chi connectivity index (χ3v) is 24.6. The largest absolute Gasteiger partial charge is 0.394 e. The van der Waals surface area contributed by atoms with Gasteiger partial charge in [0.25, 0.3) is 16.7 Å². The minimum absolute atomic E-state index is 0.00675. The van der Waals surface area contributed by atoms with E-state index in [1.165, 1.54) is 64.3 Å². The third-order valence-electron chi connectivity index (χ3n) is 23.8. The van der Waals surface area contributed by atoms with Gasteiger partial charge in [-0.15, -0.1) is 0 Å². The van der Waals surface area contributed by atoms with Gasteiger partial charge < -0.3 is 46.6 Å².